The number of nitrogens with one attached hydrogen (secondary N) is 2. The molecule has 0 bridgehead atoms. The van der Waals surface area contributed by atoms with E-state index in [4.69, 9.17) is 33.7 Å². The Bertz CT molecular complexity index is 910. The highest BCUT2D eigenvalue weighted by molar-refractivity contribution is 7.99. The fraction of sp³-hybridized carbons (Fsp3) is 0.176. The van der Waals surface area contributed by atoms with Gasteiger partial charge in [0.25, 0.3) is 0 Å². The number of halogens is 2. The summed E-state index contributed by atoms with van der Waals surface area (Å²) < 4.78 is 5.53. The Kier molecular flexibility index (Phi) is 6.33. The minimum atomic E-state index is -0.696. The Morgan fingerprint density at radius 3 is 2.70 bits per heavy atom. The highest BCUT2D eigenvalue weighted by atomic mass is 35.5. The number of primary amides is 1. The molecule has 0 radical (unpaired) electrons. The van der Waals surface area contributed by atoms with Gasteiger partial charge in [-0.1, -0.05) is 35.0 Å². The number of aromatic nitrogens is 2. The summed E-state index contributed by atoms with van der Waals surface area (Å²) in [5.41, 5.74) is 7.10. The molecule has 1 unspecified atom stereocenters. The Hall–Kier alpha value is -2.13. The molecule has 0 aliphatic carbocycles. The Balaban J connectivity index is 1.49. The van der Waals surface area contributed by atoms with E-state index in [0.29, 0.717) is 37.9 Å². The quantitative estimate of drug-likeness (QED) is 0.428. The number of carbonyl (C=O) groups is 1. The summed E-state index contributed by atoms with van der Waals surface area (Å²) in [6, 6.07) is 9.45. The fourth-order valence-electron chi connectivity index (χ4n) is 2.24. The topological polar surface area (TPSA) is 113 Å². The van der Waals surface area contributed by atoms with Crippen molar-refractivity contribution in [2.45, 2.75) is 11.3 Å². The number of imidazole rings is 1. The molecular formula is C17H16Cl2N4O3S. The average Bonchev–Trinajstić information content (AvgIpc) is 3.01. The van der Waals surface area contributed by atoms with Crippen LogP contribution in [-0.4, -0.2) is 39.6 Å². The predicted molar refractivity (Wildman–Crippen MR) is 108 cm³/mol. The smallest absolute Gasteiger partial charge is 0.316 e. The van der Waals surface area contributed by atoms with Crippen molar-refractivity contribution in [3.05, 3.63) is 46.4 Å². The maximum absolute atomic E-state index is 10.8. The summed E-state index contributed by atoms with van der Waals surface area (Å²) in [6.45, 7) is 0.119. The van der Waals surface area contributed by atoms with Crippen molar-refractivity contribution >= 4 is 57.7 Å². The van der Waals surface area contributed by atoms with Gasteiger partial charge in [0.1, 0.15) is 12.4 Å². The third-order valence-corrected chi connectivity index (χ3v) is 5.22. The van der Waals surface area contributed by atoms with Gasteiger partial charge in [-0.2, -0.15) is 0 Å². The Morgan fingerprint density at radius 1 is 1.30 bits per heavy atom. The number of amides is 2. The lowest BCUT2D eigenvalue weighted by Gasteiger charge is -2.12. The second kappa shape index (κ2) is 8.71. The van der Waals surface area contributed by atoms with Gasteiger partial charge in [0, 0.05) is 11.4 Å². The number of rotatable bonds is 7. The van der Waals surface area contributed by atoms with Gasteiger partial charge in [-0.25, -0.2) is 9.78 Å². The van der Waals surface area contributed by atoms with E-state index in [1.807, 2.05) is 0 Å². The minimum absolute atomic E-state index is 0.119. The van der Waals surface area contributed by atoms with Crippen LogP contribution in [0.4, 0.5) is 10.5 Å². The van der Waals surface area contributed by atoms with Crippen LogP contribution in [-0.2, 0) is 0 Å². The first kappa shape index (κ1) is 19.6. The van der Waals surface area contributed by atoms with Crippen molar-refractivity contribution in [1.29, 1.82) is 0 Å². The highest BCUT2D eigenvalue weighted by Crippen LogP contribution is 2.28. The second-order valence-corrected chi connectivity index (χ2v) is 7.44. The SMILES string of the molecule is NC(=O)Nc1ccc(OCC(O)CSc2nc3cc(Cl)c(Cl)cc3[nH]2)cc1. The standard InChI is InChI=1S/C17H16Cl2N4O3S/c18-12-5-14-15(6-13(12)19)23-17(22-14)27-8-10(24)7-26-11-3-1-9(2-4-11)21-16(20)25/h1-6,10,24H,7-8H2,(H,22,23)(H3,20,21,25). The maximum atomic E-state index is 10.8. The molecule has 2 amide bonds. The molecule has 0 aliphatic heterocycles. The van der Waals surface area contributed by atoms with Crippen molar-refractivity contribution in [2.75, 3.05) is 17.7 Å². The van der Waals surface area contributed by atoms with Crippen LogP contribution in [0.25, 0.3) is 11.0 Å². The van der Waals surface area contributed by atoms with Crippen LogP contribution in [0.1, 0.15) is 0 Å². The second-order valence-electron chi connectivity index (χ2n) is 5.61. The number of thioether (sulfide) groups is 1. The van der Waals surface area contributed by atoms with Gasteiger partial charge < -0.3 is 25.9 Å². The van der Waals surface area contributed by atoms with Crippen molar-refractivity contribution in [3.8, 4) is 5.75 Å². The highest BCUT2D eigenvalue weighted by Gasteiger charge is 2.11. The lowest BCUT2D eigenvalue weighted by atomic mass is 10.3. The summed E-state index contributed by atoms with van der Waals surface area (Å²) in [5, 5.41) is 14.1. The van der Waals surface area contributed by atoms with Gasteiger partial charge >= 0.3 is 6.03 Å². The number of hydrogen-bond acceptors (Lipinski definition) is 5. The van der Waals surface area contributed by atoms with E-state index < -0.39 is 12.1 Å². The number of hydrogen-bond donors (Lipinski definition) is 4. The van der Waals surface area contributed by atoms with Gasteiger partial charge in [0.15, 0.2) is 5.16 Å². The summed E-state index contributed by atoms with van der Waals surface area (Å²) in [7, 11) is 0. The monoisotopic (exact) mass is 426 g/mol. The summed E-state index contributed by atoms with van der Waals surface area (Å²) in [4.78, 5) is 18.3. The van der Waals surface area contributed by atoms with E-state index in [9.17, 15) is 9.90 Å². The van der Waals surface area contributed by atoms with Gasteiger partial charge in [-0.15, -0.1) is 0 Å². The zero-order chi connectivity index (χ0) is 19.4. The molecular weight excluding hydrogens is 411 g/mol. The number of urea groups is 1. The zero-order valence-corrected chi connectivity index (χ0v) is 16.2. The number of carbonyl (C=O) groups excluding carboxylic acids is 1. The molecule has 7 nitrogen and oxygen atoms in total. The van der Waals surface area contributed by atoms with Crippen molar-refractivity contribution in [1.82, 2.24) is 9.97 Å². The molecule has 0 saturated carbocycles. The van der Waals surface area contributed by atoms with Gasteiger partial charge in [0.05, 0.1) is 27.2 Å². The molecule has 1 heterocycles. The van der Waals surface area contributed by atoms with E-state index >= 15 is 0 Å². The molecule has 3 aromatic rings. The zero-order valence-electron chi connectivity index (χ0n) is 13.9. The molecule has 1 atom stereocenters. The van der Waals surface area contributed by atoms with Crippen LogP contribution in [0.5, 0.6) is 5.75 Å². The van der Waals surface area contributed by atoms with Gasteiger partial charge in [-0.05, 0) is 36.4 Å². The first-order valence-electron chi connectivity index (χ1n) is 7.85. The van der Waals surface area contributed by atoms with Crippen LogP contribution in [0, 0.1) is 0 Å². The first-order valence-corrected chi connectivity index (χ1v) is 9.60. The summed E-state index contributed by atoms with van der Waals surface area (Å²) in [6.07, 6.45) is -0.696. The van der Waals surface area contributed by atoms with Crippen LogP contribution in [0.2, 0.25) is 10.0 Å². The number of aliphatic hydroxyl groups is 1. The largest absolute Gasteiger partial charge is 0.491 e. The van der Waals surface area contributed by atoms with Crippen LogP contribution in [0.15, 0.2) is 41.6 Å². The van der Waals surface area contributed by atoms with Crippen molar-refractivity contribution in [3.63, 3.8) is 0 Å². The van der Waals surface area contributed by atoms with Gasteiger partial charge in [0.2, 0.25) is 0 Å². The molecule has 0 spiro atoms. The number of aromatic amines is 1. The summed E-state index contributed by atoms with van der Waals surface area (Å²) >= 11 is 13.3. The van der Waals surface area contributed by atoms with Crippen molar-refractivity contribution < 1.29 is 14.6 Å². The number of nitrogens with zero attached hydrogens (tertiary/aromatic N) is 1. The van der Waals surface area contributed by atoms with E-state index in [2.05, 4.69) is 15.3 Å². The van der Waals surface area contributed by atoms with Crippen LogP contribution in [0.3, 0.4) is 0 Å². The summed E-state index contributed by atoms with van der Waals surface area (Å²) in [5.74, 6) is 0.963. The maximum Gasteiger partial charge on any atom is 0.316 e. The predicted octanol–water partition coefficient (Wildman–Crippen LogP) is 3.89. The molecule has 5 N–H and O–H groups in total. The number of aliphatic hydroxyl groups excluding tert-OH is 1. The number of ether oxygens (including phenoxy) is 1. The third kappa shape index (κ3) is 5.43. The Morgan fingerprint density at radius 2 is 2.00 bits per heavy atom. The number of fused-ring (bicyclic) bond motifs is 1. The van der Waals surface area contributed by atoms with Crippen LogP contribution < -0.4 is 15.8 Å². The molecule has 27 heavy (non-hydrogen) atoms. The first-order chi connectivity index (χ1) is 12.9. The molecule has 0 saturated heterocycles. The molecule has 1 aromatic heterocycles. The fourth-order valence-corrected chi connectivity index (χ4v) is 3.36. The number of anilines is 1. The van der Waals surface area contributed by atoms with E-state index in [1.165, 1.54) is 11.8 Å². The molecule has 3 rings (SSSR count). The number of benzene rings is 2. The average molecular weight is 427 g/mol. The molecule has 0 aliphatic rings. The van der Waals surface area contributed by atoms with Crippen molar-refractivity contribution in [2.24, 2.45) is 5.73 Å². The van der Waals surface area contributed by atoms with Gasteiger partial charge in [-0.3, -0.25) is 0 Å². The number of H-pyrrole nitrogens is 1. The third-order valence-electron chi connectivity index (χ3n) is 3.48. The lowest BCUT2D eigenvalue weighted by Crippen LogP contribution is -2.20. The molecule has 0 fully saturated rings. The molecule has 10 heteroatoms. The normalized spacial score (nSPS) is 12.1. The van der Waals surface area contributed by atoms with E-state index in [1.54, 1.807) is 36.4 Å². The lowest BCUT2D eigenvalue weighted by molar-refractivity contribution is 0.126. The molecule has 2 aromatic carbocycles. The van der Waals surface area contributed by atoms with E-state index in [-0.39, 0.29) is 6.61 Å². The van der Waals surface area contributed by atoms with Crippen LogP contribution >= 0.6 is 35.0 Å². The molecule has 142 valence electrons. The van der Waals surface area contributed by atoms with E-state index in [0.717, 1.165) is 5.52 Å². The Labute approximate surface area is 169 Å². The number of nitrogens with two attached hydrogens (primary N) is 1. The minimum Gasteiger partial charge on any atom is -0.491 e.